The second kappa shape index (κ2) is 6.23. The van der Waals surface area contributed by atoms with Crippen molar-refractivity contribution in [3.63, 3.8) is 0 Å². The van der Waals surface area contributed by atoms with Crippen molar-refractivity contribution in [3.05, 3.63) is 47.5 Å². The van der Waals surface area contributed by atoms with Crippen LogP contribution in [-0.4, -0.2) is 21.7 Å². The Bertz CT molecular complexity index is 988. The Balaban J connectivity index is 1.72. The summed E-state index contributed by atoms with van der Waals surface area (Å²) in [7, 11) is 0. The van der Waals surface area contributed by atoms with Gasteiger partial charge in [0.25, 0.3) is 0 Å². The molecule has 1 aliphatic heterocycles. The SMILES string of the molecule is C[C@@H](C1CC1)N1C=CC=NC1c1c(C#N)c2cc(F)ccc2n1C1CCC1. The molecule has 0 bridgehead atoms. The van der Waals surface area contributed by atoms with E-state index in [1.165, 1.54) is 31.4 Å². The van der Waals surface area contributed by atoms with Crippen molar-refractivity contribution in [3.8, 4) is 6.07 Å². The number of aromatic nitrogens is 1. The van der Waals surface area contributed by atoms with Crippen LogP contribution in [0.3, 0.4) is 0 Å². The standard InChI is InChI=1S/C22H23FN4/c1-14(15-6-7-15)26-11-3-10-25-22(26)21-19(13-24)18-12-16(23)8-9-20(18)27(21)17-4-2-5-17/h3,8-12,14-15,17,22H,2,4-7H2,1H3/t14-,22?/m0/s1. The molecule has 2 aromatic rings. The topological polar surface area (TPSA) is 44.3 Å². The van der Waals surface area contributed by atoms with E-state index >= 15 is 0 Å². The highest BCUT2D eigenvalue weighted by atomic mass is 19.1. The number of fused-ring (bicyclic) bond motifs is 1. The van der Waals surface area contributed by atoms with E-state index in [4.69, 9.17) is 4.99 Å². The molecule has 0 saturated heterocycles. The number of nitriles is 1. The summed E-state index contributed by atoms with van der Waals surface area (Å²) in [6.07, 6.45) is 11.6. The van der Waals surface area contributed by atoms with Crippen molar-refractivity contribution in [1.82, 2.24) is 9.47 Å². The normalized spacial score (nSPS) is 23.4. The van der Waals surface area contributed by atoms with Gasteiger partial charge < -0.3 is 9.47 Å². The van der Waals surface area contributed by atoms with Crippen LogP contribution in [0.15, 0.2) is 35.5 Å². The molecule has 138 valence electrons. The van der Waals surface area contributed by atoms with Gasteiger partial charge in [-0.05, 0) is 69.2 Å². The Kier molecular flexibility index (Phi) is 3.82. The fourth-order valence-electron chi connectivity index (χ4n) is 4.54. The van der Waals surface area contributed by atoms with Crippen LogP contribution in [0.2, 0.25) is 0 Å². The molecule has 2 saturated carbocycles. The number of halogens is 1. The summed E-state index contributed by atoms with van der Waals surface area (Å²) in [6, 6.07) is 7.95. The lowest BCUT2D eigenvalue weighted by Crippen LogP contribution is -2.36. The highest BCUT2D eigenvalue weighted by Crippen LogP contribution is 2.45. The number of allylic oxidation sites excluding steroid dienone is 1. The number of benzene rings is 1. The molecule has 1 unspecified atom stereocenters. The van der Waals surface area contributed by atoms with Crippen molar-refractivity contribution in [2.45, 2.75) is 57.3 Å². The van der Waals surface area contributed by atoms with E-state index in [-0.39, 0.29) is 12.0 Å². The predicted molar refractivity (Wildman–Crippen MR) is 104 cm³/mol. The summed E-state index contributed by atoms with van der Waals surface area (Å²) in [5, 5.41) is 10.7. The molecule has 5 heteroatoms. The zero-order valence-corrected chi connectivity index (χ0v) is 15.5. The Hall–Kier alpha value is -2.61. The fourth-order valence-corrected chi connectivity index (χ4v) is 4.54. The third-order valence-electron chi connectivity index (χ3n) is 6.43. The van der Waals surface area contributed by atoms with Gasteiger partial charge in [0.2, 0.25) is 0 Å². The first-order chi connectivity index (χ1) is 13.2. The van der Waals surface area contributed by atoms with E-state index in [2.05, 4.69) is 28.7 Å². The monoisotopic (exact) mass is 362 g/mol. The van der Waals surface area contributed by atoms with Crippen LogP contribution in [0, 0.1) is 23.1 Å². The number of hydrogen-bond donors (Lipinski definition) is 0. The van der Waals surface area contributed by atoms with Crippen molar-refractivity contribution in [2.75, 3.05) is 0 Å². The molecule has 3 aliphatic rings. The first kappa shape index (κ1) is 16.6. The minimum Gasteiger partial charge on any atom is -0.348 e. The van der Waals surface area contributed by atoms with Gasteiger partial charge in [-0.25, -0.2) is 4.39 Å². The quantitative estimate of drug-likeness (QED) is 0.762. The summed E-state index contributed by atoms with van der Waals surface area (Å²) in [5.41, 5.74) is 2.45. The van der Waals surface area contributed by atoms with Crippen LogP contribution in [0.1, 0.15) is 62.5 Å². The van der Waals surface area contributed by atoms with Crippen LogP contribution in [0.4, 0.5) is 4.39 Å². The average molecular weight is 362 g/mol. The smallest absolute Gasteiger partial charge is 0.163 e. The second-order valence-electron chi connectivity index (χ2n) is 8.03. The highest BCUT2D eigenvalue weighted by molar-refractivity contribution is 5.89. The Morgan fingerprint density at radius 2 is 2.07 bits per heavy atom. The first-order valence-electron chi connectivity index (χ1n) is 9.90. The lowest BCUT2D eigenvalue weighted by atomic mass is 9.92. The minimum atomic E-state index is -0.299. The largest absolute Gasteiger partial charge is 0.348 e. The molecular formula is C22H23FN4. The molecule has 2 atom stereocenters. The maximum Gasteiger partial charge on any atom is 0.163 e. The zero-order chi connectivity index (χ0) is 18.5. The number of nitrogens with zero attached hydrogens (tertiary/aromatic N) is 4. The summed E-state index contributed by atoms with van der Waals surface area (Å²) >= 11 is 0. The van der Waals surface area contributed by atoms with Gasteiger partial charge in [-0.15, -0.1) is 0 Å². The summed E-state index contributed by atoms with van der Waals surface area (Å²) in [4.78, 5) is 7.08. The van der Waals surface area contributed by atoms with E-state index in [9.17, 15) is 9.65 Å². The Morgan fingerprint density at radius 1 is 1.26 bits per heavy atom. The van der Waals surface area contributed by atoms with Gasteiger partial charge in [-0.1, -0.05) is 0 Å². The van der Waals surface area contributed by atoms with E-state index in [1.807, 2.05) is 18.4 Å². The maximum atomic E-state index is 14.0. The lowest BCUT2D eigenvalue weighted by molar-refractivity contribution is 0.187. The van der Waals surface area contributed by atoms with Gasteiger partial charge in [-0.3, -0.25) is 4.99 Å². The first-order valence-corrected chi connectivity index (χ1v) is 9.90. The molecule has 1 aromatic heterocycles. The molecule has 0 amide bonds. The van der Waals surface area contributed by atoms with Gasteiger partial charge in [0.15, 0.2) is 6.17 Å². The molecule has 2 fully saturated rings. The highest BCUT2D eigenvalue weighted by Gasteiger charge is 2.38. The number of aliphatic imine (C=N–C) groups is 1. The summed E-state index contributed by atoms with van der Waals surface area (Å²) < 4.78 is 16.3. The van der Waals surface area contributed by atoms with Crippen molar-refractivity contribution >= 4 is 17.1 Å². The van der Waals surface area contributed by atoms with Crippen molar-refractivity contribution in [1.29, 1.82) is 5.26 Å². The third-order valence-corrected chi connectivity index (χ3v) is 6.43. The molecular weight excluding hydrogens is 339 g/mol. The summed E-state index contributed by atoms with van der Waals surface area (Å²) in [6.45, 7) is 2.25. The second-order valence-corrected chi connectivity index (χ2v) is 8.03. The number of hydrogen-bond acceptors (Lipinski definition) is 3. The van der Waals surface area contributed by atoms with E-state index < -0.39 is 0 Å². The van der Waals surface area contributed by atoms with Crippen molar-refractivity contribution in [2.24, 2.45) is 10.9 Å². The molecule has 5 rings (SSSR count). The van der Waals surface area contributed by atoms with Crippen LogP contribution in [0.5, 0.6) is 0 Å². The number of rotatable bonds is 4. The molecule has 4 nitrogen and oxygen atoms in total. The van der Waals surface area contributed by atoms with Gasteiger partial charge in [-0.2, -0.15) is 5.26 Å². The molecule has 1 aromatic carbocycles. The van der Waals surface area contributed by atoms with Gasteiger partial charge >= 0.3 is 0 Å². The van der Waals surface area contributed by atoms with E-state index in [0.717, 1.165) is 24.1 Å². The van der Waals surface area contributed by atoms with Gasteiger partial charge in [0.1, 0.15) is 11.9 Å². The summed E-state index contributed by atoms with van der Waals surface area (Å²) in [5.74, 6) is 0.390. The Morgan fingerprint density at radius 3 is 2.74 bits per heavy atom. The average Bonchev–Trinajstić information content (AvgIpc) is 3.44. The molecule has 2 heterocycles. The van der Waals surface area contributed by atoms with E-state index in [0.29, 0.717) is 29.0 Å². The van der Waals surface area contributed by atoms with Crippen LogP contribution >= 0.6 is 0 Å². The van der Waals surface area contributed by atoms with Crippen LogP contribution < -0.4 is 0 Å². The predicted octanol–water partition coefficient (Wildman–Crippen LogP) is 5.07. The fraction of sp³-hybridized carbons (Fsp3) is 0.455. The molecule has 0 N–H and O–H groups in total. The molecule has 0 radical (unpaired) electrons. The van der Waals surface area contributed by atoms with E-state index in [1.54, 1.807) is 0 Å². The molecule has 0 spiro atoms. The van der Waals surface area contributed by atoms with Crippen LogP contribution in [0.25, 0.3) is 10.9 Å². The Labute approximate surface area is 158 Å². The van der Waals surface area contributed by atoms with Gasteiger partial charge in [0.05, 0.1) is 16.8 Å². The van der Waals surface area contributed by atoms with Crippen molar-refractivity contribution < 1.29 is 4.39 Å². The minimum absolute atomic E-state index is 0.226. The molecule has 2 aliphatic carbocycles. The molecule has 27 heavy (non-hydrogen) atoms. The third kappa shape index (κ3) is 2.58. The maximum absolute atomic E-state index is 14.0. The zero-order valence-electron chi connectivity index (χ0n) is 15.5. The van der Waals surface area contributed by atoms with Crippen LogP contribution in [-0.2, 0) is 0 Å². The lowest BCUT2D eigenvalue weighted by Gasteiger charge is -2.38. The van der Waals surface area contributed by atoms with Gasteiger partial charge in [0, 0.05) is 29.9 Å².